The van der Waals surface area contributed by atoms with Crippen molar-refractivity contribution in [3.05, 3.63) is 35.9 Å². The number of ether oxygens (including phenoxy) is 1. The van der Waals surface area contributed by atoms with E-state index in [1.807, 2.05) is 56.0 Å². The van der Waals surface area contributed by atoms with Crippen molar-refractivity contribution in [1.82, 2.24) is 14.7 Å². The van der Waals surface area contributed by atoms with Crippen LogP contribution in [0.25, 0.3) is 0 Å². The fraction of sp³-hybridized carbons (Fsp3) is 0.652. The van der Waals surface area contributed by atoms with Crippen molar-refractivity contribution < 1.29 is 14.3 Å². The van der Waals surface area contributed by atoms with Crippen molar-refractivity contribution in [3.8, 4) is 0 Å². The van der Waals surface area contributed by atoms with Crippen molar-refractivity contribution in [1.29, 1.82) is 0 Å². The minimum Gasteiger partial charge on any atom is -0.444 e. The molecule has 1 unspecified atom stereocenters. The second-order valence-electron chi connectivity index (χ2n) is 9.35. The van der Waals surface area contributed by atoms with Crippen LogP contribution < -0.4 is 0 Å². The van der Waals surface area contributed by atoms with E-state index in [0.717, 1.165) is 38.0 Å². The molecule has 6 nitrogen and oxygen atoms in total. The molecule has 1 saturated heterocycles. The van der Waals surface area contributed by atoms with Gasteiger partial charge in [0.05, 0.1) is 0 Å². The second kappa shape index (κ2) is 10.1. The normalized spacial score (nSPS) is 18.4. The highest BCUT2D eigenvalue weighted by atomic mass is 16.6. The highest BCUT2D eigenvalue weighted by Gasteiger charge is 2.35. The molecule has 1 fully saturated rings. The maximum absolute atomic E-state index is 13.5. The molecule has 0 radical (unpaired) electrons. The predicted molar refractivity (Wildman–Crippen MR) is 116 cm³/mol. The standard InChI is InChI=1S/C23H37N3O3/c1-23(2,3)29-22(28)25(6)20(15-18-11-8-7-9-12-18)21(27)26-14-10-13-19(17-26)16-24(4)5/h7-9,11-12,19-20H,10,13-17H2,1-6H3/t19-,20?/m0/s1. The van der Waals surface area contributed by atoms with Crippen LogP contribution in [0.1, 0.15) is 39.2 Å². The number of rotatable bonds is 6. The van der Waals surface area contributed by atoms with Gasteiger partial charge < -0.3 is 14.5 Å². The van der Waals surface area contributed by atoms with Crippen LogP contribution in [0.2, 0.25) is 0 Å². The SMILES string of the molecule is CN(C)C[C@@H]1CCCN(C(=O)C(Cc2ccccc2)N(C)C(=O)OC(C)(C)C)C1. The van der Waals surface area contributed by atoms with Gasteiger partial charge in [0.2, 0.25) is 5.91 Å². The molecule has 0 aromatic heterocycles. The molecule has 1 aromatic carbocycles. The molecule has 0 aliphatic carbocycles. The molecule has 162 valence electrons. The van der Waals surface area contributed by atoms with E-state index in [0.29, 0.717) is 12.3 Å². The maximum atomic E-state index is 13.5. The Morgan fingerprint density at radius 1 is 1.17 bits per heavy atom. The Morgan fingerprint density at radius 2 is 1.83 bits per heavy atom. The lowest BCUT2D eigenvalue weighted by atomic mass is 9.96. The molecular formula is C23H37N3O3. The lowest BCUT2D eigenvalue weighted by molar-refractivity contribution is -0.138. The first-order chi connectivity index (χ1) is 13.6. The van der Waals surface area contributed by atoms with E-state index in [4.69, 9.17) is 4.74 Å². The first kappa shape index (κ1) is 23.2. The smallest absolute Gasteiger partial charge is 0.410 e. The second-order valence-corrected chi connectivity index (χ2v) is 9.35. The summed E-state index contributed by atoms with van der Waals surface area (Å²) in [7, 11) is 5.80. The van der Waals surface area contributed by atoms with E-state index < -0.39 is 17.7 Å². The number of nitrogens with zero attached hydrogens (tertiary/aromatic N) is 3. The van der Waals surface area contributed by atoms with Crippen molar-refractivity contribution in [2.24, 2.45) is 5.92 Å². The van der Waals surface area contributed by atoms with Crippen molar-refractivity contribution in [2.75, 3.05) is 40.8 Å². The number of hydrogen-bond acceptors (Lipinski definition) is 4. The van der Waals surface area contributed by atoms with E-state index in [2.05, 4.69) is 19.0 Å². The molecule has 1 heterocycles. The lowest BCUT2D eigenvalue weighted by Crippen LogP contribution is -2.54. The number of hydrogen-bond donors (Lipinski definition) is 0. The van der Waals surface area contributed by atoms with Gasteiger partial charge in [-0.3, -0.25) is 9.69 Å². The van der Waals surface area contributed by atoms with E-state index in [1.54, 1.807) is 7.05 Å². The van der Waals surface area contributed by atoms with E-state index in [-0.39, 0.29) is 5.91 Å². The van der Waals surface area contributed by atoms with Gasteiger partial charge in [0.25, 0.3) is 0 Å². The molecular weight excluding hydrogens is 366 g/mol. The number of benzene rings is 1. The van der Waals surface area contributed by atoms with Gasteiger partial charge in [0.15, 0.2) is 0 Å². The van der Waals surface area contributed by atoms with Crippen LogP contribution in [-0.2, 0) is 16.0 Å². The lowest BCUT2D eigenvalue weighted by Gasteiger charge is -2.38. The van der Waals surface area contributed by atoms with Gasteiger partial charge in [-0.15, -0.1) is 0 Å². The summed E-state index contributed by atoms with van der Waals surface area (Å²) in [4.78, 5) is 31.8. The Bertz CT molecular complexity index is 670. The Labute approximate surface area is 175 Å². The number of carbonyl (C=O) groups excluding carboxylic acids is 2. The summed E-state index contributed by atoms with van der Waals surface area (Å²) in [5.74, 6) is 0.470. The van der Waals surface area contributed by atoms with Crippen LogP contribution in [-0.4, -0.2) is 79.1 Å². The third-order valence-electron chi connectivity index (χ3n) is 5.16. The van der Waals surface area contributed by atoms with Gasteiger partial charge in [-0.05, 0) is 59.2 Å². The number of carbonyl (C=O) groups is 2. The van der Waals surface area contributed by atoms with E-state index >= 15 is 0 Å². The van der Waals surface area contributed by atoms with Gasteiger partial charge in [-0.2, -0.15) is 0 Å². The number of amides is 2. The Morgan fingerprint density at radius 3 is 2.41 bits per heavy atom. The van der Waals surface area contributed by atoms with Crippen molar-refractivity contribution in [3.63, 3.8) is 0 Å². The number of likely N-dealkylation sites (tertiary alicyclic amines) is 1. The third kappa shape index (κ3) is 7.35. The average molecular weight is 404 g/mol. The third-order valence-corrected chi connectivity index (χ3v) is 5.16. The number of piperidine rings is 1. The molecule has 6 heteroatoms. The maximum Gasteiger partial charge on any atom is 0.410 e. The fourth-order valence-electron chi connectivity index (χ4n) is 3.83. The van der Waals surface area contributed by atoms with Crippen LogP contribution in [0.15, 0.2) is 30.3 Å². The molecule has 0 spiro atoms. The summed E-state index contributed by atoms with van der Waals surface area (Å²) in [6.07, 6.45) is 2.14. The molecule has 29 heavy (non-hydrogen) atoms. The van der Waals surface area contributed by atoms with Gasteiger partial charge in [0, 0.05) is 33.1 Å². The molecule has 0 N–H and O–H groups in total. The first-order valence-corrected chi connectivity index (χ1v) is 10.5. The van der Waals surface area contributed by atoms with Crippen molar-refractivity contribution >= 4 is 12.0 Å². The summed E-state index contributed by atoms with van der Waals surface area (Å²) in [5, 5.41) is 0. The molecule has 2 atom stereocenters. The summed E-state index contributed by atoms with van der Waals surface area (Å²) >= 11 is 0. The minimum atomic E-state index is -0.604. The molecule has 2 amide bonds. The van der Waals surface area contributed by atoms with Crippen LogP contribution in [0, 0.1) is 5.92 Å². The Balaban J connectivity index is 2.19. The van der Waals surface area contributed by atoms with Crippen LogP contribution in [0.3, 0.4) is 0 Å². The van der Waals surface area contributed by atoms with Gasteiger partial charge >= 0.3 is 6.09 Å². The molecule has 1 aliphatic heterocycles. The minimum absolute atomic E-state index is 0.00525. The van der Waals surface area contributed by atoms with Gasteiger partial charge in [0.1, 0.15) is 11.6 Å². The molecule has 0 bridgehead atoms. The first-order valence-electron chi connectivity index (χ1n) is 10.5. The van der Waals surface area contributed by atoms with Gasteiger partial charge in [-0.25, -0.2) is 4.79 Å². The van der Waals surface area contributed by atoms with Crippen LogP contribution in [0.4, 0.5) is 4.79 Å². The molecule has 1 aromatic rings. The highest BCUT2D eigenvalue weighted by Crippen LogP contribution is 2.21. The fourth-order valence-corrected chi connectivity index (χ4v) is 3.83. The van der Waals surface area contributed by atoms with Gasteiger partial charge in [-0.1, -0.05) is 30.3 Å². The molecule has 0 saturated carbocycles. The molecule has 2 rings (SSSR count). The van der Waals surface area contributed by atoms with Crippen LogP contribution in [0.5, 0.6) is 0 Å². The largest absolute Gasteiger partial charge is 0.444 e. The Hall–Kier alpha value is -2.08. The summed E-state index contributed by atoms with van der Waals surface area (Å²) < 4.78 is 5.54. The average Bonchev–Trinajstić information content (AvgIpc) is 2.64. The van der Waals surface area contributed by atoms with Crippen molar-refractivity contribution in [2.45, 2.75) is 51.7 Å². The quantitative estimate of drug-likeness (QED) is 0.732. The van der Waals surface area contributed by atoms with E-state index in [1.165, 1.54) is 4.90 Å². The topological polar surface area (TPSA) is 53.1 Å². The zero-order valence-corrected chi connectivity index (χ0v) is 18.9. The highest BCUT2D eigenvalue weighted by molar-refractivity contribution is 5.86. The number of likely N-dealkylation sites (N-methyl/N-ethyl adjacent to an activating group) is 1. The summed E-state index contributed by atoms with van der Waals surface area (Å²) in [6, 6.07) is 9.28. The summed E-state index contributed by atoms with van der Waals surface area (Å²) in [6.45, 7) is 7.96. The van der Waals surface area contributed by atoms with Crippen LogP contribution >= 0.6 is 0 Å². The predicted octanol–water partition coefficient (Wildman–Crippen LogP) is 3.26. The van der Waals surface area contributed by atoms with E-state index in [9.17, 15) is 9.59 Å². The Kier molecular flexibility index (Phi) is 8.08. The summed E-state index contributed by atoms with van der Waals surface area (Å²) in [5.41, 5.74) is 0.427. The monoisotopic (exact) mass is 403 g/mol. The zero-order chi connectivity index (χ0) is 21.6. The zero-order valence-electron chi connectivity index (χ0n) is 18.9. The molecule has 1 aliphatic rings.